The van der Waals surface area contributed by atoms with E-state index in [9.17, 15) is 0 Å². The molecule has 0 aliphatic rings. The van der Waals surface area contributed by atoms with Gasteiger partial charge < -0.3 is 5.73 Å². The van der Waals surface area contributed by atoms with Crippen molar-refractivity contribution >= 4 is 0 Å². The summed E-state index contributed by atoms with van der Waals surface area (Å²) < 4.78 is 0. The summed E-state index contributed by atoms with van der Waals surface area (Å²) >= 11 is 0. The first-order valence-corrected chi connectivity index (χ1v) is 6.97. The van der Waals surface area contributed by atoms with E-state index in [0.717, 1.165) is 13.0 Å². The van der Waals surface area contributed by atoms with Crippen LogP contribution >= 0.6 is 0 Å². The Morgan fingerprint density at radius 3 is 2.15 bits per heavy atom. The molecule has 0 radical (unpaired) electrons. The van der Waals surface area contributed by atoms with Crippen LogP contribution in [-0.2, 0) is 6.54 Å². The zero-order chi connectivity index (χ0) is 14.4. The van der Waals surface area contributed by atoms with Crippen molar-refractivity contribution in [2.75, 3.05) is 7.05 Å². The summed E-state index contributed by atoms with van der Waals surface area (Å²) in [6.45, 7) is 2.97. The minimum Gasteiger partial charge on any atom is -0.326 e. The third kappa shape index (κ3) is 3.62. The van der Waals surface area contributed by atoms with Crippen LogP contribution < -0.4 is 5.73 Å². The minimum atomic E-state index is 0.101. The highest BCUT2D eigenvalue weighted by atomic mass is 15.1. The van der Waals surface area contributed by atoms with Gasteiger partial charge in [0.25, 0.3) is 0 Å². The van der Waals surface area contributed by atoms with Crippen molar-refractivity contribution in [3.05, 3.63) is 60.2 Å². The Morgan fingerprint density at radius 1 is 1.05 bits per heavy atom. The average Bonchev–Trinajstić information content (AvgIpc) is 2.49. The van der Waals surface area contributed by atoms with E-state index in [1.807, 2.05) is 49.1 Å². The molecule has 2 N–H and O–H groups in total. The predicted octanol–water partition coefficient (Wildman–Crippen LogP) is 2.39. The summed E-state index contributed by atoms with van der Waals surface area (Å²) in [6, 6.07) is 8.46. The topological polar surface area (TPSA) is 55.0 Å². The molecule has 0 bridgehead atoms. The van der Waals surface area contributed by atoms with Gasteiger partial charge in [0.1, 0.15) is 0 Å². The highest BCUT2D eigenvalue weighted by Gasteiger charge is 2.23. The van der Waals surface area contributed by atoms with E-state index in [2.05, 4.69) is 28.8 Å². The van der Waals surface area contributed by atoms with Gasteiger partial charge in [0, 0.05) is 37.4 Å². The van der Waals surface area contributed by atoms with Crippen LogP contribution in [0.2, 0.25) is 0 Å². The van der Waals surface area contributed by atoms with E-state index in [-0.39, 0.29) is 12.1 Å². The summed E-state index contributed by atoms with van der Waals surface area (Å²) in [5.74, 6) is 0. The van der Waals surface area contributed by atoms with Crippen molar-refractivity contribution in [1.29, 1.82) is 0 Å². The van der Waals surface area contributed by atoms with Crippen molar-refractivity contribution in [1.82, 2.24) is 14.9 Å². The molecule has 0 saturated heterocycles. The van der Waals surface area contributed by atoms with Gasteiger partial charge in [0.2, 0.25) is 0 Å². The Bertz CT molecular complexity index is 500. The van der Waals surface area contributed by atoms with Crippen LogP contribution in [0.25, 0.3) is 0 Å². The number of nitrogens with two attached hydrogens (primary N) is 1. The van der Waals surface area contributed by atoms with Gasteiger partial charge in [-0.15, -0.1) is 0 Å². The largest absolute Gasteiger partial charge is 0.326 e. The number of pyridine rings is 2. The second kappa shape index (κ2) is 7.12. The molecule has 20 heavy (non-hydrogen) atoms. The predicted molar refractivity (Wildman–Crippen MR) is 80.9 cm³/mol. The summed E-state index contributed by atoms with van der Waals surface area (Å²) in [7, 11) is 2.11. The van der Waals surface area contributed by atoms with Crippen molar-refractivity contribution in [3.63, 3.8) is 0 Å². The Labute approximate surface area is 120 Å². The molecule has 0 aliphatic heterocycles. The zero-order valence-corrected chi connectivity index (χ0v) is 12.1. The van der Waals surface area contributed by atoms with Gasteiger partial charge in [-0.25, -0.2) is 0 Å². The molecule has 2 aromatic rings. The number of aromatic nitrogens is 2. The summed E-state index contributed by atoms with van der Waals surface area (Å²) in [5, 5.41) is 0. The molecule has 4 nitrogen and oxygen atoms in total. The van der Waals surface area contributed by atoms with Crippen molar-refractivity contribution < 1.29 is 0 Å². The van der Waals surface area contributed by atoms with Gasteiger partial charge in [-0.3, -0.25) is 14.9 Å². The van der Waals surface area contributed by atoms with Crippen molar-refractivity contribution in [2.24, 2.45) is 5.73 Å². The molecule has 2 atom stereocenters. The van der Waals surface area contributed by atoms with Gasteiger partial charge in [-0.1, -0.05) is 6.92 Å². The van der Waals surface area contributed by atoms with Crippen LogP contribution in [-0.4, -0.2) is 28.0 Å². The molecule has 106 valence electrons. The standard InChI is InChI=1S/C16H22N4/c1-3-15(17)16(14-6-10-19-11-7-14)20(2)12-13-4-8-18-9-5-13/h4-11,15-16H,3,12,17H2,1-2H3. The summed E-state index contributed by atoms with van der Waals surface area (Å²) in [4.78, 5) is 10.4. The van der Waals surface area contributed by atoms with Gasteiger partial charge in [0.05, 0.1) is 6.04 Å². The van der Waals surface area contributed by atoms with Crippen LogP contribution in [0.15, 0.2) is 49.1 Å². The van der Waals surface area contributed by atoms with Gasteiger partial charge >= 0.3 is 0 Å². The Balaban J connectivity index is 2.19. The van der Waals surface area contributed by atoms with E-state index in [1.165, 1.54) is 11.1 Å². The van der Waals surface area contributed by atoms with Crippen LogP contribution in [0.3, 0.4) is 0 Å². The van der Waals surface area contributed by atoms with Crippen molar-refractivity contribution in [2.45, 2.75) is 32.0 Å². The molecule has 4 heteroatoms. The molecule has 2 rings (SSSR count). The number of hydrogen-bond donors (Lipinski definition) is 1. The van der Waals surface area contributed by atoms with E-state index in [0.29, 0.717) is 0 Å². The molecule has 0 fully saturated rings. The molecular weight excluding hydrogens is 248 g/mol. The molecule has 0 amide bonds. The highest BCUT2D eigenvalue weighted by Crippen LogP contribution is 2.24. The number of hydrogen-bond acceptors (Lipinski definition) is 4. The molecule has 2 heterocycles. The second-order valence-electron chi connectivity index (χ2n) is 5.07. The third-order valence-corrected chi connectivity index (χ3v) is 3.58. The molecular formula is C16H22N4. The third-order valence-electron chi connectivity index (χ3n) is 3.58. The monoisotopic (exact) mass is 270 g/mol. The van der Waals surface area contributed by atoms with E-state index in [1.54, 1.807) is 0 Å². The smallest absolute Gasteiger partial charge is 0.0500 e. The Hall–Kier alpha value is -1.78. The van der Waals surface area contributed by atoms with Crippen LogP contribution in [0.1, 0.15) is 30.5 Å². The highest BCUT2D eigenvalue weighted by molar-refractivity contribution is 5.18. The molecule has 2 aromatic heterocycles. The van der Waals surface area contributed by atoms with E-state index >= 15 is 0 Å². The quantitative estimate of drug-likeness (QED) is 0.875. The number of rotatable bonds is 6. The molecule has 0 aliphatic carbocycles. The lowest BCUT2D eigenvalue weighted by Gasteiger charge is -2.32. The lowest BCUT2D eigenvalue weighted by Crippen LogP contribution is -2.38. The molecule has 0 spiro atoms. The van der Waals surface area contributed by atoms with Crippen LogP contribution in [0.5, 0.6) is 0 Å². The minimum absolute atomic E-state index is 0.101. The van der Waals surface area contributed by atoms with E-state index in [4.69, 9.17) is 5.73 Å². The van der Waals surface area contributed by atoms with Gasteiger partial charge in [0.15, 0.2) is 0 Å². The Morgan fingerprint density at radius 2 is 1.60 bits per heavy atom. The number of nitrogens with zero attached hydrogens (tertiary/aromatic N) is 3. The first-order valence-electron chi connectivity index (χ1n) is 6.97. The molecule has 0 saturated carbocycles. The second-order valence-corrected chi connectivity index (χ2v) is 5.07. The summed E-state index contributed by atoms with van der Waals surface area (Å²) in [5.41, 5.74) is 8.78. The normalized spacial score (nSPS) is 14.2. The average molecular weight is 270 g/mol. The lowest BCUT2D eigenvalue weighted by atomic mass is 9.97. The van der Waals surface area contributed by atoms with Gasteiger partial charge in [-0.05, 0) is 48.9 Å². The SMILES string of the molecule is CCC(N)C(c1ccncc1)N(C)Cc1ccncc1. The fraction of sp³-hybridized carbons (Fsp3) is 0.375. The Kier molecular flexibility index (Phi) is 5.21. The fourth-order valence-electron chi connectivity index (χ4n) is 2.49. The molecule has 2 unspecified atom stereocenters. The fourth-order valence-corrected chi connectivity index (χ4v) is 2.49. The van der Waals surface area contributed by atoms with Crippen LogP contribution in [0.4, 0.5) is 0 Å². The maximum atomic E-state index is 6.33. The maximum absolute atomic E-state index is 6.33. The molecule has 0 aromatic carbocycles. The van der Waals surface area contributed by atoms with Gasteiger partial charge in [-0.2, -0.15) is 0 Å². The summed E-state index contributed by atoms with van der Waals surface area (Å²) in [6.07, 6.45) is 8.23. The first-order chi connectivity index (χ1) is 9.72. The van der Waals surface area contributed by atoms with E-state index < -0.39 is 0 Å². The van der Waals surface area contributed by atoms with Crippen LogP contribution in [0, 0.1) is 0 Å². The lowest BCUT2D eigenvalue weighted by molar-refractivity contribution is 0.201. The van der Waals surface area contributed by atoms with Crippen molar-refractivity contribution in [3.8, 4) is 0 Å². The first kappa shape index (κ1) is 14.6. The zero-order valence-electron chi connectivity index (χ0n) is 12.1. The number of likely N-dealkylation sites (N-methyl/N-ethyl adjacent to an activating group) is 1. The maximum Gasteiger partial charge on any atom is 0.0500 e.